The molecule has 1 aliphatic rings. The van der Waals surface area contributed by atoms with Crippen molar-refractivity contribution < 1.29 is 4.42 Å². The minimum absolute atomic E-state index is 0.188. The van der Waals surface area contributed by atoms with E-state index < -0.39 is 0 Å². The number of fused-ring (bicyclic) bond motifs is 8. The molecule has 224 valence electrons. The fourth-order valence-electron chi connectivity index (χ4n) is 8.98. The van der Waals surface area contributed by atoms with Gasteiger partial charge in [-0.1, -0.05) is 129 Å². The summed E-state index contributed by atoms with van der Waals surface area (Å²) in [5.41, 5.74) is 12.1. The van der Waals surface area contributed by atoms with Crippen LogP contribution in [-0.4, -0.2) is 0 Å². The maximum atomic E-state index is 6.27. The zero-order valence-electron chi connectivity index (χ0n) is 26.8. The van der Waals surface area contributed by atoms with E-state index in [-0.39, 0.29) is 5.41 Å². The van der Waals surface area contributed by atoms with E-state index in [0.29, 0.717) is 0 Å². The van der Waals surface area contributed by atoms with Gasteiger partial charge in [-0.25, -0.2) is 0 Å². The number of furan rings is 1. The SMILES string of the molecule is CC1(C)c2cc(-c3ccc4ccc5cccc6ccc3c4c56)cc(-c3ccc4oc5ccccc5c4c3)c2-c2ccc3ccccc3c21. The summed E-state index contributed by atoms with van der Waals surface area (Å²) in [6.45, 7) is 4.82. The van der Waals surface area contributed by atoms with Gasteiger partial charge >= 0.3 is 0 Å². The molecule has 0 saturated carbocycles. The average molecular weight is 611 g/mol. The van der Waals surface area contributed by atoms with Crippen LogP contribution in [0.5, 0.6) is 0 Å². The molecular weight excluding hydrogens is 581 g/mol. The van der Waals surface area contributed by atoms with Gasteiger partial charge in [-0.05, 0) is 118 Å². The molecule has 1 aromatic heterocycles. The number of para-hydroxylation sites is 1. The highest BCUT2D eigenvalue weighted by Crippen LogP contribution is 2.56. The second kappa shape index (κ2) is 9.12. The van der Waals surface area contributed by atoms with Crippen molar-refractivity contribution in [2.45, 2.75) is 19.3 Å². The second-order valence-electron chi connectivity index (χ2n) is 14.1. The minimum Gasteiger partial charge on any atom is -0.456 e. The summed E-state index contributed by atoms with van der Waals surface area (Å²) in [6.07, 6.45) is 0. The third kappa shape index (κ3) is 3.35. The van der Waals surface area contributed by atoms with Gasteiger partial charge in [0, 0.05) is 16.2 Å². The molecule has 0 spiro atoms. The lowest BCUT2D eigenvalue weighted by molar-refractivity contribution is 0.666. The van der Waals surface area contributed by atoms with Crippen molar-refractivity contribution in [1.29, 1.82) is 0 Å². The van der Waals surface area contributed by atoms with Crippen molar-refractivity contribution in [2.24, 2.45) is 0 Å². The van der Waals surface area contributed by atoms with Gasteiger partial charge in [0.15, 0.2) is 0 Å². The zero-order chi connectivity index (χ0) is 31.7. The van der Waals surface area contributed by atoms with E-state index in [1.165, 1.54) is 87.6 Å². The first-order chi connectivity index (χ1) is 23.5. The van der Waals surface area contributed by atoms with Crippen LogP contribution < -0.4 is 0 Å². The van der Waals surface area contributed by atoms with Crippen molar-refractivity contribution in [2.75, 3.05) is 0 Å². The van der Waals surface area contributed by atoms with E-state index in [4.69, 9.17) is 4.42 Å². The van der Waals surface area contributed by atoms with Gasteiger partial charge < -0.3 is 4.42 Å². The van der Waals surface area contributed by atoms with Gasteiger partial charge in [0.05, 0.1) is 0 Å². The summed E-state index contributed by atoms with van der Waals surface area (Å²) in [5.74, 6) is 0. The van der Waals surface area contributed by atoms with Crippen LogP contribution in [0.4, 0.5) is 0 Å². The molecule has 0 N–H and O–H groups in total. The lowest BCUT2D eigenvalue weighted by Gasteiger charge is -2.24. The van der Waals surface area contributed by atoms with Crippen molar-refractivity contribution in [1.82, 2.24) is 0 Å². The Balaban J connectivity index is 1.25. The molecule has 0 aliphatic heterocycles. The summed E-state index contributed by atoms with van der Waals surface area (Å²) in [7, 11) is 0. The van der Waals surface area contributed by atoms with Gasteiger partial charge in [0.1, 0.15) is 11.2 Å². The largest absolute Gasteiger partial charge is 0.456 e. The predicted molar refractivity (Wildman–Crippen MR) is 203 cm³/mol. The Bertz CT molecular complexity index is 2960. The summed E-state index contributed by atoms with van der Waals surface area (Å²) in [4.78, 5) is 0. The molecule has 10 aromatic rings. The Labute approximate surface area is 278 Å². The van der Waals surface area contributed by atoms with E-state index >= 15 is 0 Å². The van der Waals surface area contributed by atoms with Crippen LogP contribution >= 0.6 is 0 Å². The Hall–Kier alpha value is -5.92. The Kier molecular flexibility index (Phi) is 4.97. The molecule has 0 amide bonds. The zero-order valence-corrected chi connectivity index (χ0v) is 26.8. The fourth-order valence-corrected chi connectivity index (χ4v) is 8.98. The Morgan fingerprint density at radius 3 is 1.96 bits per heavy atom. The Morgan fingerprint density at radius 1 is 0.417 bits per heavy atom. The predicted octanol–water partition coefficient (Wildman–Crippen LogP) is 13.3. The summed E-state index contributed by atoms with van der Waals surface area (Å²) in [6, 6.07) is 54.0. The first kappa shape index (κ1) is 26.2. The highest BCUT2D eigenvalue weighted by atomic mass is 16.3. The van der Waals surface area contributed by atoms with E-state index in [1.807, 2.05) is 6.07 Å². The number of hydrogen-bond donors (Lipinski definition) is 0. The van der Waals surface area contributed by atoms with Crippen LogP contribution in [0.2, 0.25) is 0 Å². The average Bonchev–Trinajstić information content (AvgIpc) is 3.61. The van der Waals surface area contributed by atoms with E-state index in [0.717, 1.165) is 21.9 Å². The highest BCUT2D eigenvalue weighted by molar-refractivity contribution is 6.25. The highest BCUT2D eigenvalue weighted by Gasteiger charge is 2.39. The maximum absolute atomic E-state index is 6.27. The Morgan fingerprint density at radius 2 is 1.08 bits per heavy atom. The van der Waals surface area contributed by atoms with Gasteiger partial charge in [-0.15, -0.1) is 0 Å². The lowest BCUT2D eigenvalue weighted by atomic mass is 9.78. The van der Waals surface area contributed by atoms with Crippen LogP contribution in [-0.2, 0) is 5.41 Å². The van der Waals surface area contributed by atoms with E-state index in [1.54, 1.807) is 0 Å². The van der Waals surface area contributed by atoms with Crippen LogP contribution in [0.25, 0.3) is 98.4 Å². The summed E-state index contributed by atoms with van der Waals surface area (Å²) >= 11 is 0. The van der Waals surface area contributed by atoms with Crippen LogP contribution in [0.1, 0.15) is 25.0 Å². The number of benzene rings is 9. The van der Waals surface area contributed by atoms with Crippen molar-refractivity contribution in [3.05, 3.63) is 157 Å². The van der Waals surface area contributed by atoms with Gasteiger partial charge in [-0.3, -0.25) is 0 Å². The standard InChI is InChI=1S/C47H30O/c1-47(2)40-26-32(33-20-17-30-15-14-28-9-7-10-29-18-21-36(33)44(30)43(28)29)25-38(45(40)37-22-16-27-8-3-4-11-34(27)46(37)47)31-19-23-42-39(24-31)35-12-5-6-13-41(35)48-42/h3-26H,1-2H3. The van der Waals surface area contributed by atoms with E-state index in [9.17, 15) is 0 Å². The third-order valence-corrected chi connectivity index (χ3v) is 11.2. The maximum Gasteiger partial charge on any atom is 0.135 e. The van der Waals surface area contributed by atoms with Gasteiger partial charge in [0.25, 0.3) is 0 Å². The van der Waals surface area contributed by atoms with Gasteiger partial charge in [0.2, 0.25) is 0 Å². The first-order valence-electron chi connectivity index (χ1n) is 16.8. The van der Waals surface area contributed by atoms with Gasteiger partial charge in [-0.2, -0.15) is 0 Å². The van der Waals surface area contributed by atoms with Crippen molar-refractivity contribution in [3.63, 3.8) is 0 Å². The quantitative estimate of drug-likeness (QED) is 0.178. The summed E-state index contributed by atoms with van der Waals surface area (Å²) in [5, 5.41) is 12.8. The molecule has 0 bridgehead atoms. The smallest absolute Gasteiger partial charge is 0.135 e. The molecule has 0 radical (unpaired) electrons. The van der Waals surface area contributed by atoms with E-state index in [2.05, 4.69) is 153 Å². The molecule has 0 saturated heterocycles. The van der Waals surface area contributed by atoms with Crippen LogP contribution in [0, 0.1) is 0 Å². The third-order valence-electron chi connectivity index (χ3n) is 11.2. The molecule has 11 rings (SSSR count). The second-order valence-corrected chi connectivity index (χ2v) is 14.1. The monoisotopic (exact) mass is 610 g/mol. The molecule has 0 atom stereocenters. The molecule has 0 unspecified atom stereocenters. The topological polar surface area (TPSA) is 13.1 Å². The van der Waals surface area contributed by atoms with Crippen molar-refractivity contribution in [3.8, 4) is 33.4 Å². The van der Waals surface area contributed by atoms with Crippen LogP contribution in [0.15, 0.2) is 150 Å². The fraction of sp³-hybridized carbons (Fsp3) is 0.0638. The molecule has 0 fully saturated rings. The normalized spacial score (nSPS) is 13.8. The van der Waals surface area contributed by atoms with Crippen molar-refractivity contribution >= 4 is 65.0 Å². The van der Waals surface area contributed by atoms with Crippen LogP contribution in [0.3, 0.4) is 0 Å². The molecule has 1 nitrogen and oxygen atoms in total. The molecule has 1 heterocycles. The molecule has 48 heavy (non-hydrogen) atoms. The molecule has 1 aliphatic carbocycles. The lowest BCUT2D eigenvalue weighted by Crippen LogP contribution is -2.15. The first-order valence-corrected chi connectivity index (χ1v) is 16.8. The number of rotatable bonds is 2. The molecule has 1 heteroatoms. The summed E-state index contributed by atoms with van der Waals surface area (Å²) < 4.78 is 6.27. The molecule has 9 aromatic carbocycles. The minimum atomic E-state index is -0.188. The molecular formula is C47H30O. The number of hydrogen-bond acceptors (Lipinski definition) is 1.